The molecule has 0 saturated heterocycles. The molecule has 1 aromatic heterocycles. The van der Waals surface area contributed by atoms with E-state index in [-0.39, 0.29) is 29.8 Å². The van der Waals surface area contributed by atoms with E-state index in [4.69, 9.17) is 9.47 Å². The summed E-state index contributed by atoms with van der Waals surface area (Å²) in [6.45, 7) is 8.82. The number of hydrogen-bond acceptors (Lipinski definition) is 6. The van der Waals surface area contributed by atoms with Gasteiger partial charge in [0.2, 0.25) is 11.7 Å². The molecule has 2 rings (SSSR count). The first kappa shape index (κ1) is 25.5. The molecule has 1 aromatic carbocycles. The van der Waals surface area contributed by atoms with Crippen LogP contribution in [-0.4, -0.2) is 35.3 Å². The first-order valence-electron chi connectivity index (χ1n) is 10.5. The minimum Gasteiger partial charge on any atom is -0.493 e. The second kappa shape index (κ2) is 10.2. The number of aryl methyl sites for hydroxylation is 1. The van der Waals surface area contributed by atoms with Crippen molar-refractivity contribution in [3.05, 3.63) is 23.5 Å². The average Bonchev–Trinajstić information content (AvgIpc) is 3.10. The topological polar surface area (TPSA) is 90.7 Å². The number of ether oxygens (including phenoxy) is 2. The van der Waals surface area contributed by atoms with Gasteiger partial charge >= 0.3 is 12.1 Å². The summed E-state index contributed by atoms with van der Waals surface area (Å²) in [5.41, 5.74) is 0.0131. The smallest absolute Gasteiger partial charge is 0.453 e. The number of hydrogen-bond donors (Lipinski definition) is 1. The van der Waals surface area contributed by atoms with Gasteiger partial charge in [-0.25, -0.2) is 4.79 Å². The number of fused-ring (bicyclic) bond motifs is 1. The van der Waals surface area contributed by atoms with Gasteiger partial charge in [-0.2, -0.15) is 13.2 Å². The standard InChI is InChI=1S/C22H29F3N2O5/c1-6-8-14-16(11-10-15-18(14)27-32-19(15)22(23,24)25)30-12-7-9-17(28)26-13(2)20(29)31-21(3,4)5/h10-11,13H,6-9,12H2,1-5H3,(H,26,28)/t13-/m0/s1. The highest BCUT2D eigenvalue weighted by Crippen LogP contribution is 2.38. The van der Waals surface area contributed by atoms with Gasteiger partial charge in [-0.3, -0.25) is 4.79 Å². The fraction of sp³-hybridized carbons (Fsp3) is 0.591. The van der Waals surface area contributed by atoms with Crippen LogP contribution in [0, 0.1) is 0 Å². The molecule has 1 heterocycles. The van der Waals surface area contributed by atoms with Crippen LogP contribution in [0.5, 0.6) is 5.75 Å². The van der Waals surface area contributed by atoms with E-state index in [2.05, 4.69) is 15.0 Å². The third-order valence-corrected chi connectivity index (χ3v) is 4.41. The van der Waals surface area contributed by atoms with E-state index in [0.717, 1.165) is 0 Å². The molecule has 2 aromatic rings. The second-order valence-corrected chi connectivity index (χ2v) is 8.47. The Labute approximate surface area is 184 Å². The van der Waals surface area contributed by atoms with Gasteiger partial charge in [-0.1, -0.05) is 18.5 Å². The van der Waals surface area contributed by atoms with Gasteiger partial charge in [0.05, 0.1) is 12.0 Å². The summed E-state index contributed by atoms with van der Waals surface area (Å²) < 4.78 is 54.7. The molecule has 32 heavy (non-hydrogen) atoms. The number of halogens is 3. The van der Waals surface area contributed by atoms with Gasteiger partial charge in [-0.15, -0.1) is 0 Å². The maximum absolute atomic E-state index is 13.1. The Morgan fingerprint density at radius 2 is 1.91 bits per heavy atom. The molecule has 0 unspecified atom stereocenters. The van der Waals surface area contributed by atoms with Crippen molar-refractivity contribution in [2.45, 2.75) is 78.1 Å². The highest BCUT2D eigenvalue weighted by Gasteiger charge is 2.38. The number of aromatic nitrogens is 1. The Bertz CT molecular complexity index is 947. The summed E-state index contributed by atoms with van der Waals surface area (Å²) in [6.07, 6.45) is -3.03. The molecule has 0 aliphatic heterocycles. The molecule has 0 saturated carbocycles. The Hall–Kier alpha value is -2.78. The van der Waals surface area contributed by atoms with Gasteiger partial charge in [0, 0.05) is 12.0 Å². The van der Waals surface area contributed by atoms with Crippen LogP contribution in [0.15, 0.2) is 16.7 Å². The van der Waals surface area contributed by atoms with Crippen LogP contribution in [0.4, 0.5) is 13.2 Å². The SMILES string of the molecule is CCCc1c(OCCCC(=O)N[C@@H](C)C(=O)OC(C)(C)C)ccc2c(C(F)(F)F)onc12. The lowest BCUT2D eigenvalue weighted by Gasteiger charge is -2.22. The number of nitrogens with zero attached hydrogens (tertiary/aromatic N) is 1. The summed E-state index contributed by atoms with van der Waals surface area (Å²) in [7, 11) is 0. The molecule has 10 heteroatoms. The molecular weight excluding hydrogens is 429 g/mol. The zero-order chi connectivity index (χ0) is 24.1. The number of esters is 1. The van der Waals surface area contributed by atoms with Crippen molar-refractivity contribution < 1.29 is 36.8 Å². The second-order valence-electron chi connectivity index (χ2n) is 8.47. The Kier molecular flexibility index (Phi) is 8.14. The van der Waals surface area contributed by atoms with Crippen molar-refractivity contribution in [2.75, 3.05) is 6.61 Å². The van der Waals surface area contributed by atoms with E-state index in [1.165, 1.54) is 12.1 Å². The fourth-order valence-electron chi connectivity index (χ4n) is 3.05. The summed E-state index contributed by atoms with van der Waals surface area (Å²) >= 11 is 0. The molecule has 1 atom stereocenters. The van der Waals surface area contributed by atoms with Crippen LogP contribution in [0.2, 0.25) is 0 Å². The maximum Gasteiger partial charge on any atom is 0.453 e. The first-order chi connectivity index (χ1) is 14.8. The largest absolute Gasteiger partial charge is 0.493 e. The van der Waals surface area contributed by atoms with Crippen molar-refractivity contribution in [2.24, 2.45) is 0 Å². The molecule has 7 nitrogen and oxygen atoms in total. The molecule has 178 valence electrons. The highest BCUT2D eigenvalue weighted by atomic mass is 19.4. The van der Waals surface area contributed by atoms with Crippen LogP contribution in [0.25, 0.3) is 10.9 Å². The Balaban J connectivity index is 1.95. The zero-order valence-electron chi connectivity index (χ0n) is 18.9. The van der Waals surface area contributed by atoms with E-state index < -0.39 is 29.5 Å². The van der Waals surface area contributed by atoms with E-state index in [1.54, 1.807) is 27.7 Å². The van der Waals surface area contributed by atoms with Crippen molar-refractivity contribution in [3.8, 4) is 5.75 Å². The predicted octanol–water partition coefficient (Wildman–Crippen LogP) is 4.80. The number of carbonyl (C=O) groups excluding carboxylic acids is 2. The zero-order valence-corrected chi connectivity index (χ0v) is 18.9. The van der Waals surface area contributed by atoms with Crippen LogP contribution >= 0.6 is 0 Å². The third kappa shape index (κ3) is 6.86. The van der Waals surface area contributed by atoms with Crippen molar-refractivity contribution in [1.82, 2.24) is 10.5 Å². The van der Waals surface area contributed by atoms with Gasteiger partial charge < -0.3 is 19.3 Å². The maximum atomic E-state index is 13.1. The monoisotopic (exact) mass is 458 g/mol. The van der Waals surface area contributed by atoms with Crippen molar-refractivity contribution >= 4 is 22.8 Å². The number of rotatable bonds is 9. The Morgan fingerprint density at radius 3 is 2.50 bits per heavy atom. The van der Waals surface area contributed by atoms with Crippen LogP contribution in [0.1, 0.15) is 65.2 Å². The lowest BCUT2D eigenvalue weighted by Crippen LogP contribution is -2.42. The minimum atomic E-state index is -4.63. The van der Waals surface area contributed by atoms with Gasteiger partial charge in [0.25, 0.3) is 0 Å². The summed E-state index contributed by atoms with van der Waals surface area (Å²) in [5, 5.41) is 6.08. The van der Waals surface area contributed by atoms with Crippen LogP contribution in [0.3, 0.4) is 0 Å². The highest BCUT2D eigenvalue weighted by molar-refractivity contribution is 5.86. The fourth-order valence-corrected chi connectivity index (χ4v) is 3.05. The van der Waals surface area contributed by atoms with E-state index in [9.17, 15) is 22.8 Å². The quantitative estimate of drug-likeness (QED) is 0.429. The summed E-state index contributed by atoms with van der Waals surface area (Å²) in [6, 6.07) is 1.96. The molecule has 0 spiro atoms. The average molecular weight is 458 g/mol. The van der Waals surface area contributed by atoms with Gasteiger partial charge in [0.15, 0.2) is 0 Å². The summed E-state index contributed by atoms with van der Waals surface area (Å²) in [5.74, 6) is -1.58. The van der Waals surface area contributed by atoms with Crippen LogP contribution in [-0.2, 0) is 26.9 Å². The molecular formula is C22H29F3N2O5. The molecule has 0 fully saturated rings. The molecule has 0 radical (unpaired) electrons. The first-order valence-corrected chi connectivity index (χ1v) is 10.5. The van der Waals surface area contributed by atoms with Gasteiger partial charge in [0.1, 0.15) is 22.9 Å². The summed E-state index contributed by atoms with van der Waals surface area (Å²) in [4.78, 5) is 24.0. The van der Waals surface area contributed by atoms with E-state index >= 15 is 0 Å². The van der Waals surface area contributed by atoms with E-state index in [0.29, 0.717) is 30.6 Å². The van der Waals surface area contributed by atoms with Gasteiger partial charge in [-0.05, 0) is 52.7 Å². The Morgan fingerprint density at radius 1 is 1.22 bits per heavy atom. The third-order valence-electron chi connectivity index (χ3n) is 4.41. The molecule has 1 amide bonds. The lowest BCUT2D eigenvalue weighted by atomic mass is 10.0. The van der Waals surface area contributed by atoms with E-state index in [1.807, 2.05) is 6.92 Å². The minimum absolute atomic E-state index is 0.108. The molecule has 1 N–H and O–H groups in total. The van der Waals surface area contributed by atoms with Crippen molar-refractivity contribution in [3.63, 3.8) is 0 Å². The normalized spacial score (nSPS) is 13.1. The molecule has 0 aliphatic rings. The number of alkyl halides is 3. The van der Waals surface area contributed by atoms with Crippen molar-refractivity contribution in [1.29, 1.82) is 0 Å². The molecule has 0 bridgehead atoms. The number of nitrogens with one attached hydrogen (secondary N) is 1. The number of benzene rings is 1. The number of carbonyl (C=O) groups is 2. The predicted molar refractivity (Wildman–Crippen MR) is 111 cm³/mol. The van der Waals surface area contributed by atoms with Crippen LogP contribution < -0.4 is 10.1 Å². The lowest BCUT2D eigenvalue weighted by molar-refractivity contribution is -0.158. The molecule has 0 aliphatic carbocycles. The number of amides is 1.